The van der Waals surface area contributed by atoms with Crippen LogP contribution in [-0.2, 0) is 11.2 Å². The molecule has 0 unspecified atom stereocenters. The highest BCUT2D eigenvalue weighted by atomic mass is 16.2. The summed E-state index contributed by atoms with van der Waals surface area (Å²) in [6.07, 6.45) is 2.59. The molecule has 3 nitrogen and oxygen atoms in total. The van der Waals surface area contributed by atoms with E-state index in [1.165, 1.54) is 0 Å². The Morgan fingerprint density at radius 1 is 1.47 bits per heavy atom. The smallest absolute Gasteiger partial charge is 0.224 e. The molecule has 0 aliphatic heterocycles. The first kappa shape index (κ1) is 11.7. The standard InChI is InChI=1S/C12H18N2O/c1-10(2)12(15)14(3)9-7-11-6-4-5-8-13-11/h4-6,8,10H,7,9H2,1-3H3. The molecule has 0 aliphatic carbocycles. The lowest BCUT2D eigenvalue weighted by molar-refractivity contribution is -0.133. The van der Waals surface area contributed by atoms with Crippen LogP contribution in [0.15, 0.2) is 24.4 Å². The Kier molecular flexibility index (Phi) is 4.28. The molecule has 0 aromatic carbocycles. The molecule has 1 rings (SSSR count). The third-order valence-electron chi connectivity index (χ3n) is 2.30. The van der Waals surface area contributed by atoms with Gasteiger partial charge in [0.1, 0.15) is 0 Å². The SMILES string of the molecule is CC(C)C(=O)N(C)CCc1ccccn1. The molecule has 0 saturated carbocycles. The molecule has 0 spiro atoms. The molecule has 0 aliphatic rings. The molecule has 0 bridgehead atoms. The zero-order valence-electron chi connectivity index (χ0n) is 9.60. The largest absolute Gasteiger partial charge is 0.345 e. The van der Waals surface area contributed by atoms with Crippen molar-refractivity contribution in [3.63, 3.8) is 0 Å². The number of rotatable bonds is 4. The first-order valence-corrected chi connectivity index (χ1v) is 5.26. The van der Waals surface area contributed by atoms with Crippen LogP contribution in [0.1, 0.15) is 19.5 Å². The molecule has 0 atom stereocenters. The van der Waals surface area contributed by atoms with E-state index < -0.39 is 0 Å². The maximum absolute atomic E-state index is 11.6. The minimum absolute atomic E-state index is 0.0683. The van der Waals surface area contributed by atoms with Gasteiger partial charge in [0.2, 0.25) is 5.91 Å². The Balaban J connectivity index is 2.41. The molecule has 1 aromatic heterocycles. The van der Waals surface area contributed by atoms with Gasteiger partial charge >= 0.3 is 0 Å². The zero-order valence-corrected chi connectivity index (χ0v) is 9.60. The maximum Gasteiger partial charge on any atom is 0.224 e. The number of nitrogens with zero attached hydrogens (tertiary/aromatic N) is 2. The third kappa shape index (κ3) is 3.70. The highest BCUT2D eigenvalue weighted by Gasteiger charge is 2.12. The quantitative estimate of drug-likeness (QED) is 0.751. The van der Waals surface area contributed by atoms with Crippen LogP contribution in [0.3, 0.4) is 0 Å². The van der Waals surface area contributed by atoms with Gasteiger partial charge in [0.05, 0.1) is 0 Å². The first-order chi connectivity index (χ1) is 7.11. The molecule has 3 heteroatoms. The van der Waals surface area contributed by atoms with Crippen molar-refractivity contribution in [1.82, 2.24) is 9.88 Å². The Morgan fingerprint density at radius 3 is 2.73 bits per heavy atom. The van der Waals surface area contributed by atoms with E-state index in [0.717, 1.165) is 18.7 Å². The molecule has 0 radical (unpaired) electrons. The minimum atomic E-state index is 0.0683. The van der Waals surface area contributed by atoms with Crippen molar-refractivity contribution in [3.8, 4) is 0 Å². The predicted octanol–water partition coefficient (Wildman–Crippen LogP) is 1.74. The fraction of sp³-hybridized carbons (Fsp3) is 0.500. The Hall–Kier alpha value is -1.38. The number of aromatic nitrogens is 1. The normalized spacial score (nSPS) is 10.4. The predicted molar refractivity (Wildman–Crippen MR) is 60.4 cm³/mol. The number of hydrogen-bond acceptors (Lipinski definition) is 2. The van der Waals surface area contributed by atoms with Gasteiger partial charge in [-0.15, -0.1) is 0 Å². The average molecular weight is 206 g/mol. The van der Waals surface area contributed by atoms with Crippen LogP contribution in [0.2, 0.25) is 0 Å². The molecule has 0 N–H and O–H groups in total. The summed E-state index contributed by atoms with van der Waals surface area (Å²) in [6, 6.07) is 5.84. The Morgan fingerprint density at radius 2 is 2.20 bits per heavy atom. The topological polar surface area (TPSA) is 33.2 Å². The molecule has 0 fully saturated rings. The summed E-state index contributed by atoms with van der Waals surface area (Å²) >= 11 is 0. The van der Waals surface area contributed by atoms with Crippen LogP contribution >= 0.6 is 0 Å². The van der Waals surface area contributed by atoms with Crippen LogP contribution in [0.4, 0.5) is 0 Å². The lowest BCUT2D eigenvalue weighted by atomic mass is 10.2. The first-order valence-electron chi connectivity index (χ1n) is 5.26. The Bertz CT molecular complexity index is 309. The highest BCUT2D eigenvalue weighted by molar-refractivity contribution is 5.77. The molecule has 1 aromatic rings. The van der Waals surface area contributed by atoms with Gasteiger partial charge in [-0.05, 0) is 12.1 Å². The number of amides is 1. The molecular formula is C12H18N2O. The van der Waals surface area contributed by atoms with Gasteiger partial charge in [-0.2, -0.15) is 0 Å². The molecule has 0 saturated heterocycles. The molecule has 1 amide bonds. The summed E-state index contributed by atoms with van der Waals surface area (Å²) in [5.74, 6) is 0.254. The fourth-order valence-corrected chi connectivity index (χ4v) is 1.38. The highest BCUT2D eigenvalue weighted by Crippen LogP contribution is 2.01. The fourth-order valence-electron chi connectivity index (χ4n) is 1.38. The van der Waals surface area contributed by atoms with Crippen molar-refractivity contribution >= 4 is 5.91 Å². The lowest BCUT2D eigenvalue weighted by Gasteiger charge is -2.18. The number of hydrogen-bond donors (Lipinski definition) is 0. The van der Waals surface area contributed by atoms with E-state index in [-0.39, 0.29) is 11.8 Å². The average Bonchev–Trinajstić information content (AvgIpc) is 2.26. The van der Waals surface area contributed by atoms with E-state index in [0.29, 0.717) is 0 Å². The molecule has 82 valence electrons. The minimum Gasteiger partial charge on any atom is -0.345 e. The van der Waals surface area contributed by atoms with Crippen LogP contribution < -0.4 is 0 Å². The second-order valence-electron chi connectivity index (χ2n) is 3.99. The van der Waals surface area contributed by atoms with Gasteiger partial charge in [0, 0.05) is 37.8 Å². The zero-order chi connectivity index (χ0) is 11.3. The second-order valence-corrected chi connectivity index (χ2v) is 3.99. The molecular weight excluding hydrogens is 188 g/mol. The number of carbonyl (C=O) groups excluding carboxylic acids is 1. The van der Waals surface area contributed by atoms with Crippen molar-refractivity contribution < 1.29 is 4.79 Å². The van der Waals surface area contributed by atoms with E-state index in [1.807, 2.05) is 39.1 Å². The van der Waals surface area contributed by atoms with Crippen LogP contribution in [0, 0.1) is 5.92 Å². The van der Waals surface area contributed by atoms with E-state index in [9.17, 15) is 4.79 Å². The monoisotopic (exact) mass is 206 g/mol. The van der Waals surface area contributed by atoms with E-state index in [2.05, 4.69) is 4.98 Å². The van der Waals surface area contributed by atoms with E-state index >= 15 is 0 Å². The molecule has 15 heavy (non-hydrogen) atoms. The Labute approximate surface area is 91.1 Å². The number of pyridine rings is 1. The van der Waals surface area contributed by atoms with E-state index in [1.54, 1.807) is 11.1 Å². The molecule has 1 heterocycles. The number of likely N-dealkylation sites (N-methyl/N-ethyl adjacent to an activating group) is 1. The van der Waals surface area contributed by atoms with Crippen molar-refractivity contribution in [2.24, 2.45) is 5.92 Å². The van der Waals surface area contributed by atoms with Crippen LogP contribution in [-0.4, -0.2) is 29.4 Å². The summed E-state index contributed by atoms with van der Waals surface area (Å²) in [6.45, 7) is 4.56. The van der Waals surface area contributed by atoms with Gasteiger partial charge in [-0.25, -0.2) is 0 Å². The number of carbonyl (C=O) groups is 1. The van der Waals surface area contributed by atoms with Crippen LogP contribution in [0.5, 0.6) is 0 Å². The van der Waals surface area contributed by atoms with Gasteiger partial charge in [0.15, 0.2) is 0 Å². The third-order valence-corrected chi connectivity index (χ3v) is 2.30. The van der Waals surface area contributed by atoms with Gasteiger partial charge in [0.25, 0.3) is 0 Å². The summed E-state index contributed by atoms with van der Waals surface area (Å²) in [4.78, 5) is 17.5. The second kappa shape index (κ2) is 5.49. The van der Waals surface area contributed by atoms with Gasteiger partial charge in [-0.1, -0.05) is 19.9 Å². The lowest BCUT2D eigenvalue weighted by Crippen LogP contribution is -2.32. The van der Waals surface area contributed by atoms with Crippen molar-refractivity contribution in [2.45, 2.75) is 20.3 Å². The summed E-state index contributed by atoms with van der Waals surface area (Å²) in [5.41, 5.74) is 1.03. The summed E-state index contributed by atoms with van der Waals surface area (Å²) < 4.78 is 0. The van der Waals surface area contributed by atoms with Gasteiger partial charge in [-0.3, -0.25) is 9.78 Å². The maximum atomic E-state index is 11.6. The van der Waals surface area contributed by atoms with Crippen LogP contribution in [0.25, 0.3) is 0 Å². The summed E-state index contributed by atoms with van der Waals surface area (Å²) in [5, 5.41) is 0. The summed E-state index contributed by atoms with van der Waals surface area (Å²) in [7, 11) is 1.84. The van der Waals surface area contributed by atoms with E-state index in [4.69, 9.17) is 0 Å². The van der Waals surface area contributed by atoms with Crippen molar-refractivity contribution in [1.29, 1.82) is 0 Å². The van der Waals surface area contributed by atoms with Crippen molar-refractivity contribution in [3.05, 3.63) is 30.1 Å². The van der Waals surface area contributed by atoms with Crippen molar-refractivity contribution in [2.75, 3.05) is 13.6 Å². The van der Waals surface area contributed by atoms with Gasteiger partial charge < -0.3 is 4.90 Å².